The highest BCUT2D eigenvalue weighted by Crippen LogP contribution is 2.24. The Balaban J connectivity index is 2.96. The first kappa shape index (κ1) is 19.4. The molecule has 6 nitrogen and oxygen atoms in total. The quantitative estimate of drug-likeness (QED) is 0.678. The van der Waals surface area contributed by atoms with Gasteiger partial charge in [0.25, 0.3) is 0 Å². The Bertz CT molecular complexity index is 475. The van der Waals surface area contributed by atoms with Gasteiger partial charge in [0.15, 0.2) is 0 Å². The maximum atomic E-state index is 12.4. The van der Waals surface area contributed by atoms with Crippen LogP contribution in [0.2, 0.25) is 0 Å². The summed E-state index contributed by atoms with van der Waals surface area (Å²) >= 11 is 0. The van der Waals surface area contributed by atoms with Crippen molar-refractivity contribution in [2.75, 3.05) is 0 Å². The zero-order valence-corrected chi connectivity index (χ0v) is 12.9. The second kappa shape index (κ2) is 7.78. The van der Waals surface area contributed by atoms with E-state index in [-0.39, 0.29) is 18.1 Å². The van der Waals surface area contributed by atoms with Crippen LogP contribution in [-0.2, 0) is 14.3 Å². The van der Waals surface area contributed by atoms with Gasteiger partial charge in [-0.25, -0.2) is 4.79 Å². The van der Waals surface area contributed by atoms with E-state index in [4.69, 9.17) is 15.6 Å². The van der Waals surface area contributed by atoms with Crippen molar-refractivity contribution in [3.05, 3.63) is 11.6 Å². The number of carboxylic acids is 1. The summed E-state index contributed by atoms with van der Waals surface area (Å²) in [5, 5.41) is 10.9. The molecular weight excluding hydrogens is 317 g/mol. The van der Waals surface area contributed by atoms with Gasteiger partial charge in [0.2, 0.25) is 0 Å². The largest absolute Gasteiger partial charge is 0.478 e. The summed E-state index contributed by atoms with van der Waals surface area (Å²) < 4.78 is 42.8. The number of hydrogen-bond donors (Lipinski definition) is 3. The Hall–Kier alpha value is -1.61. The van der Waals surface area contributed by atoms with Gasteiger partial charge in [-0.15, -0.1) is 0 Å². The Kier molecular flexibility index (Phi) is 6.57. The molecule has 0 bridgehead atoms. The standard InChI is InChI=1S/C14H21F3N2O4/c1-3-8(4-2)23-10-6-7(12(20)21)5-9(11(10)18)19-13(22)14(15,16)17/h6,8-11H,3-5,18H2,1-2H3,(H,19,22)(H,20,21)/t9-,10+,11+/m0/s1. The smallest absolute Gasteiger partial charge is 0.471 e. The fourth-order valence-corrected chi connectivity index (χ4v) is 2.37. The normalized spacial score (nSPS) is 25.2. The minimum Gasteiger partial charge on any atom is -0.478 e. The van der Waals surface area contributed by atoms with Crippen LogP contribution in [0.4, 0.5) is 13.2 Å². The van der Waals surface area contributed by atoms with Gasteiger partial charge < -0.3 is 20.9 Å². The Morgan fingerprint density at radius 2 is 2.00 bits per heavy atom. The summed E-state index contributed by atoms with van der Waals surface area (Å²) in [5.41, 5.74) is 5.76. The molecule has 9 heteroatoms. The molecule has 0 aliphatic heterocycles. The van der Waals surface area contributed by atoms with Crippen LogP contribution in [0.3, 0.4) is 0 Å². The number of amides is 1. The van der Waals surface area contributed by atoms with Crippen LogP contribution in [-0.4, -0.2) is 47.5 Å². The van der Waals surface area contributed by atoms with E-state index >= 15 is 0 Å². The molecule has 0 spiro atoms. The highest BCUT2D eigenvalue weighted by molar-refractivity contribution is 5.87. The predicted octanol–water partition coefficient (Wildman–Crippen LogP) is 1.35. The molecule has 1 amide bonds. The first-order valence-electron chi connectivity index (χ1n) is 7.32. The molecule has 1 aliphatic rings. The molecule has 0 aromatic heterocycles. The van der Waals surface area contributed by atoms with Crippen molar-refractivity contribution < 1.29 is 32.6 Å². The average molecular weight is 338 g/mol. The van der Waals surface area contributed by atoms with E-state index in [0.29, 0.717) is 12.8 Å². The van der Waals surface area contributed by atoms with E-state index in [0.717, 1.165) is 0 Å². The van der Waals surface area contributed by atoms with Crippen LogP contribution in [0.1, 0.15) is 33.1 Å². The summed E-state index contributed by atoms with van der Waals surface area (Å²) in [6, 6.07) is -2.13. The summed E-state index contributed by atoms with van der Waals surface area (Å²) in [6.07, 6.45) is -3.82. The van der Waals surface area contributed by atoms with Crippen LogP contribution >= 0.6 is 0 Å². The molecule has 0 heterocycles. The number of halogens is 3. The monoisotopic (exact) mass is 338 g/mol. The van der Waals surface area contributed by atoms with Crippen LogP contribution < -0.4 is 11.1 Å². The fraction of sp³-hybridized carbons (Fsp3) is 0.714. The van der Waals surface area contributed by atoms with Gasteiger partial charge in [0.05, 0.1) is 24.3 Å². The molecule has 0 radical (unpaired) electrons. The van der Waals surface area contributed by atoms with Crippen molar-refractivity contribution in [1.82, 2.24) is 5.32 Å². The second-order valence-electron chi connectivity index (χ2n) is 5.40. The number of nitrogens with one attached hydrogen (secondary N) is 1. The lowest BCUT2D eigenvalue weighted by Gasteiger charge is -2.36. The number of rotatable bonds is 6. The Morgan fingerprint density at radius 3 is 2.43 bits per heavy atom. The Morgan fingerprint density at radius 1 is 1.43 bits per heavy atom. The third-order valence-corrected chi connectivity index (χ3v) is 3.76. The summed E-state index contributed by atoms with van der Waals surface area (Å²) in [7, 11) is 0. The van der Waals surface area contributed by atoms with Crippen LogP contribution in [0.15, 0.2) is 11.6 Å². The highest BCUT2D eigenvalue weighted by Gasteiger charge is 2.43. The van der Waals surface area contributed by atoms with Crippen molar-refractivity contribution in [3.8, 4) is 0 Å². The number of alkyl halides is 3. The molecule has 0 aromatic carbocycles. The van der Waals surface area contributed by atoms with Crippen LogP contribution in [0.25, 0.3) is 0 Å². The van der Waals surface area contributed by atoms with E-state index in [9.17, 15) is 22.8 Å². The minimum absolute atomic E-state index is 0.130. The number of ether oxygens (including phenoxy) is 1. The molecule has 0 aromatic rings. The zero-order valence-electron chi connectivity index (χ0n) is 12.9. The number of aliphatic carboxylic acids is 1. The SMILES string of the molecule is CCC(CC)O[C@@H]1C=C(C(=O)O)C[C@H](NC(=O)C(F)(F)F)[C@H]1N. The summed E-state index contributed by atoms with van der Waals surface area (Å²) in [6.45, 7) is 3.74. The number of carboxylic acid groups (broad SMARTS) is 1. The number of nitrogens with two attached hydrogens (primary N) is 1. The number of hydrogen-bond acceptors (Lipinski definition) is 4. The molecular formula is C14H21F3N2O4. The van der Waals surface area contributed by atoms with E-state index in [1.807, 2.05) is 13.8 Å². The predicted molar refractivity (Wildman–Crippen MR) is 75.5 cm³/mol. The first-order chi connectivity index (χ1) is 10.6. The second-order valence-corrected chi connectivity index (χ2v) is 5.40. The van der Waals surface area contributed by atoms with Gasteiger partial charge in [-0.2, -0.15) is 13.2 Å². The highest BCUT2D eigenvalue weighted by atomic mass is 19.4. The molecule has 3 atom stereocenters. The summed E-state index contributed by atoms with van der Waals surface area (Å²) in [4.78, 5) is 22.3. The van der Waals surface area contributed by atoms with Crippen molar-refractivity contribution in [3.63, 3.8) is 0 Å². The van der Waals surface area contributed by atoms with E-state index in [1.54, 1.807) is 5.32 Å². The van der Waals surface area contributed by atoms with Crippen LogP contribution in [0.5, 0.6) is 0 Å². The Labute approximate surface area is 131 Å². The van der Waals surface area contributed by atoms with Crippen molar-refractivity contribution in [1.29, 1.82) is 0 Å². The molecule has 0 unspecified atom stereocenters. The van der Waals surface area contributed by atoms with Gasteiger partial charge >= 0.3 is 18.1 Å². The summed E-state index contributed by atoms with van der Waals surface area (Å²) in [5.74, 6) is -3.42. The van der Waals surface area contributed by atoms with Gasteiger partial charge in [0.1, 0.15) is 0 Å². The minimum atomic E-state index is -5.06. The lowest BCUT2D eigenvalue weighted by atomic mass is 9.88. The molecule has 0 saturated carbocycles. The molecule has 0 fully saturated rings. The molecule has 0 saturated heterocycles. The maximum absolute atomic E-state index is 12.4. The third-order valence-electron chi connectivity index (χ3n) is 3.76. The fourth-order valence-electron chi connectivity index (χ4n) is 2.37. The van der Waals surface area contributed by atoms with Gasteiger partial charge in [-0.3, -0.25) is 4.79 Å². The van der Waals surface area contributed by atoms with E-state index < -0.39 is 36.2 Å². The van der Waals surface area contributed by atoms with Crippen molar-refractivity contribution in [2.24, 2.45) is 5.73 Å². The molecule has 1 aliphatic carbocycles. The molecule has 4 N–H and O–H groups in total. The third kappa shape index (κ3) is 5.21. The molecule has 132 valence electrons. The van der Waals surface area contributed by atoms with Crippen molar-refractivity contribution in [2.45, 2.75) is 63.6 Å². The molecule has 1 rings (SSSR count). The first-order valence-corrected chi connectivity index (χ1v) is 7.32. The zero-order chi connectivity index (χ0) is 17.8. The lowest BCUT2D eigenvalue weighted by Crippen LogP contribution is -2.58. The number of carbonyl (C=O) groups is 2. The van der Waals surface area contributed by atoms with Crippen molar-refractivity contribution >= 4 is 11.9 Å². The van der Waals surface area contributed by atoms with Gasteiger partial charge in [-0.1, -0.05) is 13.8 Å². The van der Waals surface area contributed by atoms with Crippen LogP contribution in [0, 0.1) is 0 Å². The lowest BCUT2D eigenvalue weighted by molar-refractivity contribution is -0.174. The average Bonchev–Trinajstić information content (AvgIpc) is 2.46. The maximum Gasteiger partial charge on any atom is 0.471 e. The number of carbonyl (C=O) groups excluding carboxylic acids is 1. The molecule has 23 heavy (non-hydrogen) atoms. The topological polar surface area (TPSA) is 102 Å². The van der Waals surface area contributed by atoms with E-state index in [1.165, 1.54) is 6.08 Å². The van der Waals surface area contributed by atoms with E-state index in [2.05, 4.69) is 0 Å². The van der Waals surface area contributed by atoms with Gasteiger partial charge in [-0.05, 0) is 18.9 Å². The van der Waals surface area contributed by atoms with Gasteiger partial charge in [0, 0.05) is 12.0 Å².